The summed E-state index contributed by atoms with van der Waals surface area (Å²) in [6, 6.07) is 7.31. The van der Waals surface area contributed by atoms with Gasteiger partial charge in [-0.25, -0.2) is 0 Å². The molecule has 122 valence electrons. The van der Waals surface area contributed by atoms with Crippen LogP contribution < -0.4 is 4.90 Å². The molecule has 0 spiro atoms. The molecule has 1 aromatic carbocycles. The number of benzene rings is 1. The first-order chi connectivity index (χ1) is 10.5. The van der Waals surface area contributed by atoms with Crippen molar-refractivity contribution < 1.29 is 19.1 Å². The Morgan fingerprint density at radius 1 is 1.14 bits per heavy atom. The van der Waals surface area contributed by atoms with E-state index in [1.165, 1.54) is 12.0 Å². The van der Waals surface area contributed by atoms with E-state index in [1.54, 1.807) is 19.2 Å². The Labute approximate surface area is 131 Å². The van der Waals surface area contributed by atoms with Crippen molar-refractivity contribution in [2.75, 3.05) is 52.4 Å². The number of esters is 1. The maximum absolute atomic E-state index is 12.5. The highest BCUT2D eigenvalue weighted by molar-refractivity contribution is 5.96. The van der Waals surface area contributed by atoms with Gasteiger partial charge in [0.25, 0.3) is 5.91 Å². The summed E-state index contributed by atoms with van der Waals surface area (Å²) in [6.07, 6.45) is 0. The average molecular weight is 308 g/mol. The van der Waals surface area contributed by atoms with E-state index in [9.17, 15) is 9.59 Å². The molecule has 0 atom stereocenters. The normalized spacial score (nSPS) is 10.2. The van der Waals surface area contributed by atoms with Crippen LogP contribution in [0.5, 0.6) is 0 Å². The first-order valence-corrected chi connectivity index (χ1v) is 7.19. The van der Waals surface area contributed by atoms with Crippen LogP contribution in [0.1, 0.15) is 17.3 Å². The van der Waals surface area contributed by atoms with Crippen LogP contribution in [-0.4, -0.2) is 64.3 Å². The maximum Gasteiger partial charge on any atom is 0.325 e. The van der Waals surface area contributed by atoms with Crippen LogP contribution in [0.2, 0.25) is 0 Å². The predicted octanol–water partition coefficient (Wildman–Crippen LogP) is 1.40. The number of amides is 1. The van der Waals surface area contributed by atoms with Crippen LogP contribution in [0.3, 0.4) is 0 Å². The third kappa shape index (κ3) is 5.04. The molecular weight excluding hydrogens is 284 g/mol. The third-order valence-corrected chi connectivity index (χ3v) is 3.43. The number of carbonyl (C=O) groups excluding carboxylic acids is 2. The zero-order chi connectivity index (χ0) is 16.5. The molecule has 0 aliphatic heterocycles. The summed E-state index contributed by atoms with van der Waals surface area (Å²) in [6.45, 7) is 3.55. The first kappa shape index (κ1) is 18.0. The molecule has 0 aromatic heterocycles. The van der Waals surface area contributed by atoms with Gasteiger partial charge in [-0.2, -0.15) is 0 Å². The zero-order valence-electron chi connectivity index (χ0n) is 13.7. The number of methoxy groups -OCH3 is 2. The quantitative estimate of drug-likeness (QED) is 0.680. The zero-order valence-corrected chi connectivity index (χ0v) is 13.7. The van der Waals surface area contributed by atoms with Crippen molar-refractivity contribution in [3.63, 3.8) is 0 Å². The van der Waals surface area contributed by atoms with Crippen molar-refractivity contribution in [2.45, 2.75) is 6.92 Å². The second-order valence-corrected chi connectivity index (χ2v) is 4.86. The minimum absolute atomic E-state index is 0.0880. The van der Waals surface area contributed by atoms with Crippen molar-refractivity contribution in [3.05, 3.63) is 29.8 Å². The average Bonchev–Trinajstić information content (AvgIpc) is 2.57. The van der Waals surface area contributed by atoms with E-state index >= 15 is 0 Å². The van der Waals surface area contributed by atoms with E-state index in [4.69, 9.17) is 4.74 Å². The molecule has 0 saturated carbocycles. The Hall–Kier alpha value is -2.08. The molecule has 0 aliphatic rings. The Kier molecular flexibility index (Phi) is 7.39. The Morgan fingerprint density at radius 2 is 1.77 bits per heavy atom. The van der Waals surface area contributed by atoms with Gasteiger partial charge in [0, 0.05) is 38.5 Å². The second kappa shape index (κ2) is 9.04. The first-order valence-electron chi connectivity index (χ1n) is 7.19. The fourth-order valence-corrected chi connectivity index (χ4v) is 1.90. The van der Waals surface area contributed by atoms with Gasteiger partial charge < -0.3 is 19.3 Å². The number of carbonyl (C=O) groups is 2. The molecule has 0 fully saturated rings. The molecule has 0 bridgehead atoms. The highest BCUT2D eigenvalue weighted by atomic mass is 16.5. The van der Waals surface area contributed by atoms with E-state index in [1.807, 2.05) is 19.2 Å². The lowest BCUT2D eigenvalue weighted by atomic mass is 10.1. The largest absolute Gasteiger partial charge is 0.468 e. The van der Waals surface area contributed by atoms with Crippen molar-refractivity contribution in [2.24, 2.45) is 0 Å². The molecule has 0 radical (unpaired) electrons. The van der Waals surface area contributed by atoms with Crippen molar-refractivity contribution in [1.29, 1.82) is 0 Å². The standard InChI is InChI=1S/C16H24N2O4/c1-5-17(2)14-8-6-13(7-9-14)16(20)18(10-11-21-3)12-15(19)22-4/h6-9H,5,10-12H2,1-4H3. The Balaban J connectivity index is 2.85. The number of ether oxygens (including phenoxy) is 2. The highest BCUT2D eigenvalue weighted by Gasteiger charge is 2.19. The van der Waals surface area contributed by atoms with Crippen molar-refractivity contribution >= 4 is 17.6 Å². The van der Waals surface area contributed by atoms with Gasteiger partial charge in [0.15, 0.2) is 0 Å². The minimum Gasteiger partial charge on any atom is -0.468 e. The monoisotopic (exact) mass is 308 g/mol. The highest BCUT2D eigenvalue weighted by Crippen LogP contribution is 2.15. The number of nitrogens with zero attached hydrogens (tertiary/aromatic N) is 2. The van der Waals surface area contributed by atoms with Crippen LogP contribution in [0, 0.1) is 0 Å². The van der Waals surface area contributed by atoms with Gasteiger partial charge in [0.2, 0.25) is 0 Å². The second-order valence-electron chi connectivity index (χ2n) is 4.86. The third-order valence-electron chi connectivity index (χ3n) is 3.43. The van der Waals surface area contributed by atoms with Gasteiger partial charge in [-0.1, -0.05) is 0 Å². The van der Waals surface area contributed by atoms with E-state index in [-0.39, 0.29) is 12.5 Å². The molecule has 6 heteroatoms. The summed E-state index contributed by atoms with van der Waals surface area (Å²) in [4.78, 5) is 27.4. The SMILES string of the molecule is CCN(C)c1ccc(C(=O)N(CCOC)CC(=O)OC)cc1. The van der Waals surface area contributed by atoms with Gasteiger partial charge in [-0.05, 0) is 31.2 Å². The molecule has 1 aromatic rings. The molecule has 0 heterocycles. The minimum atomic E-state index is -0.452. The number of anilines is 1. The lowest BCUT2D eigenvalue weighted by Crippen LogP contribution is -2.38. The summed E-state index contributed by atoms with van der Waals surface area (Å²) < 4.78 is 9.62. The topological polar surface area (TPSA) is 59.1 Å². The number of hydrogen-bond acceptors (Lipinski definition) is 5. The van der Waals surface area contributed by atoms with Crippen LogP contribution in [-0.2, 0) is 14.3 Å². The smallest absolute Gasteiger partial charge is 0.325 e. The predicted molar refractivity (Wildman–Crippen MR) is 85.2 cm³/mol. The molecule has 1 rings (SSSR count). The van der Waals surface area contributed by atoms with Gasteiger partial charge in [0.1, 0.15) is 6.54 Å². The molecule has 0 saturated heterocycles. The summed E-state index contributed by atoms with van der Waals surface area (Å²) in [5.74, 6) is -0.667. The molecule has 22 heavy (non-hydrogen) atoms. The molecular formula is C16H24N2O4. The maximum atomic E-state index is 12.5. The molecule has 0 aliphatic carbocycles. The summed E-state index contributed by atoms with van der Waals surface area (Å²) in [5, 5.41) is 0. The number of rotatable bonds is 8. The van der Waals surface area contributed by atoms with E-state index in [2.05, 4.69) is 16.6 Å². The van der Waals surface area contributed by atoms with Crippen LogP contribution in [0.15, 0.2) is 24.3 Å². The van der Waals surface area contributed by atoms with E-state index in [0.717, 1.165) is 12.2 Å². The lowest BCUT2D eigenvalue weighted by molar-refractivity contribution is -0.141. The van der Waals surface area contributed by atoms with Crippen LogP contribution in [0.25, 0.3) is 0 Å². The lowest BCUT2D eigenvalue weighted by Gasteiger charge is -2.22. The van der Waals surface area contributed by atoms with Gasteiger partial charge in [0.05, 0.1) is 13.7 Å². The van der Waals surface area contributed by atoms with Gasteiger partial charge in [-0.15, -0.1) is 0 Å². The van der Waals surface area contributed by atoms with Crippen molar-refractivity contribution in [3.8, 4) is 0 Å². The van der Waals surface area contributed by atoms with E-state index in [0.29, 0.717) is 18.7 Å². The Morgan fingerprint density at radius 3 is 2.27 bits per heavy atom. The van der Waals surface area contributed by atoms with Crippen LogP contribution >= 0.6 is 0 Å². The van der Waals surface area contributed by atoms with Gasteiger partial charge >= 0.3 is 5.97 Å². The van der Waals surface area contributed by atoms with Crippen molar-refractivity contribution in [1.82, 2.24) is 4.90 Å². The van der Waals surface area contributed by atoms with Crippen LogP contribution in [0.4, 0.5) is 5.69 Å². The molecule has 0 unspecified atom stereocenters. The fourth-order valence-electron chi connectivity index (χ4n) is 1.90. The summed E-state index contributed by atoms with van der Waals surface area (Å²) >= 11 is 0. The van der Waals surface area contributed by atoms with Gasteiger partial charge in [-0.3, -0.25) is 9.59 Å². The summed E-state index contributed by atoms with van der Waals surface area (Å²) in [7, 11) is 4.84. The fraction of sp³-hybridized carbons (Fsp3) is 0.500. The van der Waals surface area contributed by atoms with E-state index < -0.39 is 5.97 Å². The summed E-state index contributed by atoms with van der Waals surface area (Å²) in [5.41, 5.74) is 1.57. The molecule has 1 amide bonds. The Bertz CT molecular complexity index is 487. The number of hydrogen-bond donors (Lipinski definition) is 0. The molecule has 6 nitrogen and oxygen atoms in total. The molecule has 0 N–H and O–H groups in total.